The standard InChI is InChI=1S/C17H17N3O3/c21-15-7-10-20(11-9-18-15)17(22)13-6-8-19-16(12-13)23-14-4-2-1-3-5-14/h1-6,8,12H,7,9-11H2,(H,18,21). The van der Waals surface area contributed by atoms with E-state index in [0.717, 1.165) is 0 Å². The summed E-state index contributed by atoms with van der Waals surface area (Å²) in [7, 11) is 0. The number of nitrogens with zero attached hydrogens (tertiary/aromatic N) is 2. The fraction of sp³-hybridized carbons (Fsp3) is 0.235. The normalized spacial score (nSPS) is 14.8. The van der Waals surface area contributed by atoms with Gasteiger partial charge in [-0.15, -0.1) is 0 Å². The van der Waals surface area contributed by atoms with Crippen molar-refractivity contribution in [3.8, 4) is 11.6 Å². The van der Waals surface area contributed by atoms with E-state index in [0.29, 0.717) is 43.2 Å². The smallest absolute Gasteiger partial charge is 0.254 e. The van der Waals surface area contributed by atoms with Crippen LogP contribution in [0.25, 0.3) is 0 Å². The summed E-state index contributed by atoms with van der Waals surface area (Å²) in [5, 5.41) is 2.76. The third-order valence-corrected chi connectivity index (χ3v) is 3.55. The number of rotatable bonds is 3. The van der Waals surface area contributed by atoms with Crippen molar-refractivity contribution in [3.63, 3.8) is 0 Å². The highest BCUT2D eigenvalue weighted by Crippen LogP contribution is 2.20. The molecule has 1 aliphatic heterocycles. The molecule has 3 rings (SSSR count). The SMILES string of the molecule is O=C1CCN(C(=O)c2ccnc(Oc3ccccc3)c2)CCN1. The molecule has 0 aliphatic carbocycles. The summed E-state index contributed by atoms with van der Waals surface area (Å²) >= 11 is 0. The summed E-state index contributed by atoms with van der Waals surface area (Å²) in [6, 6.07) is 12.5. The van der Waals surface area contributed by atoms with Crippen LogP contribution in [0.4, 0.5) is 0 Å². The Bertz CT molecular complexity index is 703. The molecule has 2 heterocycles. The molecular formula is C17H17N3O3. The van der Waals surface area contributed by atoms with E-state index in [1.807, 2.05) is 30.3 Å². The van der Waals surface area contributed by atoms with Crippen LogP contribution < -0.4 is 10.1 Å². The van der Waals surface area contributed by atoms with Gasteiger partial charge in [-0.2, -0.15) is 0 Å². The first-order valence-electron chi connectivity index (χ1n) is 7.47. The van der Waals surface area contributed by atoms with E-state index >= 15 is 0 Å². The number of hydrogen-bond acceptors (Lipinski definition) is 4. The van der Waals surface area contributed by atoms with Crippen molar-refractivity contribution in [1.29, 1.82) is 0 Å². The Morgan fingerprint density at radius 2 is 2.00 bits per heavy atom. The average Bonchev–Trinajstić information content (AvgIpc) is 2.80. The molecule has 0 bridgehead atoms. The Kier molecular flexibility index (Phi) is 4.52. The molecule has 118 valence electrons. The number of carbonyl (C=O) groups excluding carboxylic acids is 2. The second-order valence-corrected chi connectivity index (χ2v) is 5.19. The monoisotopic (exact) mass is 311 g/mol. The van der Waals surface area contributed by atoms with Crippen molar-refractivity contribution >= 4 is 11.8 Å². The Balaban J connectivity index is 1.73. The number of benzene rings is 1. The van der Waals surface area contributed by atoms with Gasteiger partial charge in [0.25, 0.3) is 5.91 Å². The van der Waals surface area contributed by atoms with Gasteiger partial charge in [-0.1, -0.05) is 18.2 Å². The van der Waals surface area contributed by atoms with E-state index in [9.17, 15) is 9.59 Å². The molecule has 6 nitrogen and oxygen atoms in total. The predicted octanol–water partition coefficient (Wildman–Crippen LogP) is 1.84. The number of carbonyl (C=O) groups is 2. The van der Waals surface area contributed by atoms with E-state index in [1.54, 1.807) is 23.2 Å². The van der Waals surface area contributed by atoms with Crippen LogP contribution in [0.15, 0.2) is 48.7 Å². The molecule has 1 aliphatic rings. The Morgan fingerprint density at radius 1 is 1.17 bits per heavy atom. The highest BCUT2D eigenvalue weighted by molar-refractivity contribution is 5.95. The molecule has 23 heavy (non-hydrogen) atoms. The minimum Gasteiger partial charge on any atom is -0.439 e. The number of nitrogens with one attached hydrogen (secondary N) is 1. The van der Waals surface area contributed by atoms with Crippen molar-refractivity contribution in [2.75, 3.05) is 19.6 Å². The molecule has 0 radical (unpaired) electrons. The zero-order chi connectivity index (χ0) is 16.1. The van der Waals surface area contributed by atoms with Crippen LogP contribution in [0.3, 0.4) is 0 Å². The molecule has 1 aromatic carbocycles. The first kappa shape index (κ1) is 15.0. The van der Waals surface area contributed by atoms with Gasteiger partial charge in [0, 0.05) is 43.9 Å². The maximum absolute atomic E-state index is 12.6. The summed E-state index contributed by atoms with van der Waals surface area (Å²) < 4.78 is 5.65. The van der Waals surface area contributed by atoms with Gasteiger partial charge in [-0.3, -0.25) is 9.59 Å². The van der Waals surface area contributed by atoms with Crippen LogP contribution >= 0.6 is 0 Å². The summed E-state index contributed by atoms with van der Waals surface area (Å²) in [5.74, 6) is 0.880. The lowest BCUT2D eigenvalue weighted by atomic mass is 10.2. The Hall–Kier alpha value is -2.89. The van der Waals surface area contributed by atoms with Gasteiger partial charge in [0.05, 0.1) is 0 Å². The lowest BCUT2D eigenvalue weighted by molar-refractivity contribution is -0.120. The molecule has 2 amide bonds. The predicted molar refractivity (Wildman–Crippen MR) is 84.3 cm³/mol. The molecule has 0 saturated carbocycles. The van der Waals surface area contributed by atoms with Crippen LogP contribution in [0.2, 0.25) is 0 Å². The summed E-state index contributed by atoms with van der Waals surface area (Å²) in [6.45, 7) is 1.40. The van der Waals surface area contributed by atoms with E-state index in [1.165, 1.54) is 0 Å². The second kappa shape index (κ2) is 6.91. The molecule has 1 N–H and O–H groups in total. The van der Waals surface area contributed by atoms with Crippen LogP contribution in [0.1, 0.15) is 16.8 Å². The van der Waals surface area contributed by atoms with Gasteiger partial charge in [-0.05, 0) is 18.2 Å². The highest BCUT2D eigenvalue weighted by Gasteiger charge is 2.20. The van der Waals surface area contributed by atoms with Gasteiger partial charge in [0.15, 0.2) is 0 Å². The Morgan fingerprint density at radius 3 is 2.83 bits per heavy atom. The number of ether oxygens (including phenoxy) is 1. The molecule has 0 atom stereocenters. The van der Waals surface area contributed by atoms with Crippen molar-refractivity contribution in [1.82, 2.24) is 15.2 Å². The van der Waals surface area contributed by atoms with Gasteiger partial charge in [0.2, 0.25) is 11.8 Å². The number of para-hydroxylation sites is 1. The number of amides is 2. The van der Waals surface area contributed by atoms with Crippen molar-refractivity contribution < 1.29 is 14.3 Å². The molecule has 1 saturated heterocycles. The van der Waals surface area contributed by atoms with Gasteiger partial charge in [-0.25, -0.2) is 4.98 Å². The minimum atomic E-state index is -0.123. The third-order valence-electron chi connectivity index (χ3n) is 3.55. The van der Waals surface area contributed by atoms with Crippen LogP contribution in [0, 0.1) is 0 Å². The van der Waals surface area contributed by atoms with Crippen molar-refractivity contribution in [3.05, 3.63) is 54.2 Å². The van der Waals surface area contributed by atoms with Crippen LogP contribution in [-0.2, 0) is 4.79 Å². The number of aromatic nitrogens is 1. The van der Waals surface area contributed by atoms with E-state index in [-0.39, 0.29) is 11.8 Å². The van der Waals surface area contributed by atoms with Crippen molar-refractivity contribution in [2.24, 2.45) is 0 Å². The molecule has 2 aromatic rings. The maximum Gasteiger partial charge on any atom is 0.254 e. The molecule has 1 aromatic heterocycles. The molecule has 0 spiro atoms. The molecule has 6 heteroatoms. The Labute approximate surface area is 134 Å². The second-order valence-electron chi connectivity index (χ2n) is 5.19. The largest absolute Gasteiger partial charge is 0.439 e. The summed E-state index contributed by atoms with van der Waals surface area (Å²) in [5.41, 5.74) is 0.500. The summed E-state index contributed by atoms with van der Waals surface area (Å²) in [4.78, 5) is 29.7. The fourth-order valence-electron chi connectivity index (χ4n) is 2.36. The van der Waals surface area contributed by atoms with Gasteiger partial charge < -0.3 is 15.0 Å². The maximum atomic E-state index is 12.6. The average molecular weight is 311 g/mol. The fourth-order valence-corrected chi connectivity index (χ4v) is 2.36. The van der Waals surface area contributed by atoms with Crippen molar-refractivity contribution in [2.45, 2.75) is 6.42 Å². The summed E-state index contributed by atoms with van der Waals surface area (Å²) in [6.07, 6.45) is 1.87. The molecular weight excluding hydrogens is 294 g/mol. The lowest BCUT2D eigenvalue weighted by Crippen LogP contribution is -2.34. The topological polar surface area (TPSA) is 71.5 Å². The quantitative estimate of drug-likeness (QED) is 0.939. The first-order chi connectivity index (χ1) is 11.2. The number of pyridine rings is 1. The number of hydrogen-bond donors (Lipinski definition) is 1. The van der Waals surface area contributed by atoms with Gasteiger partial charge >= 0.3 is 0 Å². The van der Waals surface area contributed by atoms with Crippen LogP contribution in [0.5, 0.6) is 11.6 Å². The zero-order valence-electron chi connectivity index (χ0n) is 12.6. The van der Waals surface area contributed by atoms with E-state index in [2.05, 4.69) is 10.3 Å². The van der Waals surface area contributed by atoms with Gasteiger partial charge in [0.1, 0.15) is 5.75 Å². The lowest BCUT2D eigenvalue weighted by Gasteiger charge is -2.19. The first-order valence-corrected chi connectivity index (χ1v) is 7.47. The van der Waals surface area contributed by atoms with E-state index in [4.69, 9.17) is 4.74 Å². The third kappa shape index (κ3) is 3.85. The zero-order valence-corrected chi connectivity index (χ0v) is 12.6. The minimum absolute atomic E-state index is 0.0249. The molecule has 0 unspecified atom stereocenters. The highest BCUT2D eigenvalue weighted by atomic mass is 16.5. The van der Waals surface area contributed by atoms with Crippen LogP contribution in [-0.4, -0.2) is 41.3 Å². The van der Waals surface area contributed by atoms with E-state index < -0.39 is 0 Å². The molecule has 1 fully saturated rings.